The number of nitrogens with two attached hydrogens (primary N) is 1. The first-order chi connectivity index (χ1) is 8.87. The molecule has 2 bridgehead atoms. The van der Waals surface area contributed by atoms with Crippen LogP contribution in [-0.2, 0) is 9.31 Å². The van der Waals surface area contributed by atoms with Crippen LogP contribution in [0.15, 0.2) is 0 Å². The second-order valence-electron chi connectivity index (χ2n) is 8.07. The molecule has 1 saturated heterocycles. The topological polar surface area (TPSA) is 44.5 Å². The fourth-order valence-electron chi connectivity index (χ4n) is 4.67. The molecule has 3 fully saturated rings. The van der Waals surface area contributed by atoms with E-state index >= 15 is 0 Å². The van der Waals surface area contributed by atoms with Gasteiger partial charge >= 0.3 is 7.12 Å². The molecule has 3 rings (SSSR count). The van der Waals surface area contributed by atoms with E-state index in [0.717, 1.165) is 12.3 Å². The first-order valence-corrected chi connectivity index (χ1v) is 7.93. The molecule has 1 heterocycles. The molecule has 0 spiro atoms. The number of fused-ring (bicyclic) bond motifs is 4. The summed E-state index contributed by atoms with van der Waals surface area (Å²) in [4.78, 5) is 0. The SMILES string of the molecule is CC(C)CC(N)B1OC2CC3CC(C2O1)C(C)(C)C3. The molecule has 2 saturated carbocycles. The van der Waals surface area contributed by atoms with Crippen molar-refractivity contribution in [2.45, 2.75) is 71.5 Å². The molecule has 0 aromatic rings. The van der Waals surface area contributed by atoms with Crippen LogP contribution in [-0.4, -0.2) is 25.3 Å². The first kappa shape index (κ1) is 13.9. The zero-order chi connectivity index (χ0) is 13.8. The molecule has 5 unspecified atom stereocenters. The third kappa shape index (κ3) is 2.47. The number of rotatable bonds is 3. The van der Waals surface area contributed by atoms with E-state index in [9.17, 15) is 0 Å². The van der Waals surface area contributed by atoms with Crippen molar-refractivity contribution in [3.8, 4) is 0 Å². The Hall–Kier alpha value is -0.0551. The lowest BCUT2D eigenvalue weighted by molar-refractivity contribution is 0.0320. The monoisotopic (exact) mass is 265 g/mol. The highest BCUT2D eigenvalue weighted by molar-refractivity contribution is 6.47. The van der Waals surface area contributed by atoms with E-state index in [0.29, 0.717) is 23.4 Å². The predicted octanol–water partition coefficient (Wildman–Crippen LogP) is 2.63. The normalized spacial score (nSPS) is 41.7. The highest BCUT2D eigenvalue weighted by Crippen LogP contribution is 2.56. The van der Waals surface area contributed by atoms with Gasteiger partial charge in [0, 0.05) is 5.94 Å². The van der Waals surface area contributed by atoms with Crippen molar-refractivity contribution in [3.05, 3.63) is 0 Å². The maximum absolute atomic E-state index is 6.25. The average molecular weight is 265 g/mol. The lowest BCUT2D eigenvalue weighted by Gasteiger charge is -2.35. The van der Waals surface area contributed by atoms with E-state index in [-0.39, 0.29) is 19.2 Å². The molecule has 19 heavy (non-hydrogen) atoms. The van der Waals surface area contributed by atoms with Gasteiger partial charge in [-0.05, 0) is 48.9 Å². The highest BCUT2D eigenvalue weighted by atomic mass is 16.7. The minimum absolute atomic E-state index is 0.0206. The van der Waals surface area contributed by atoms with Gasteiger partial charge in [-0.1, -0.05) is 27.7 Å². The molecule has 5 atom stereocenters. The van der Waals surface area contributed by atoms with Gasteiger partial charge in [-0.3, -0.25) is 0 Å². The molecule has 3 nitrogen and oxygen atoms in total. The molecule has 4 heteroatoms. The van der Waals surface area contributed by atoms with Crippen molar-refractivity contribution >= 4 is 7.12 Å². The molecule has 3 aliphatic rings. The van der Waals surface area contributed by atoms with Crippen molar-refractivity contribution in [1.82, 2.24) is 0 Å². The molecule has 0 radical (unpaired) electrons. The van der Waals surface area contributed by atoms with Crippen LogP contribution in [0.3, 0.4) is 0 Å². The Bertz CT molecular complexity index is 347. The zero-order valence-corrected chi connectivity index (χ0v) is 12.8. The van der Waals surface area contributed by atoms with E-state index in [4.69, 9.17) is 15.0 Å². The Morgan fingerprint density at radius 3 is 2.68 bits per heavy atom. The van der Waals surface area contributed by atoms with Crippen molar-refractivity contribution in [2.75, 3.05) is 0 Å². The molecule has 2 aliphatic carbocycles. The number of hydrogen-bond acceptors (Lipinski definition) is 3. The van der Waals surface area contributed by atoms with Gasteiger partial charge in [0.15, 0.2) is 0 Å². The van der Waals surface area contributed by atoms with E-state index in [2.05, 4.69) is 27.7 Å². The summed E-state index contributed by atoms with van der Waals surface area (Å²) in [7, 11) is -0.174. The summed E-state index contributed by atoms with van der Waals surface area (Å²) >= 11 is 0. The lowest BCUT2D eigenvalue weighted by Crippen LogP contribution is -2.42. The van der Waals surface area contributed by atoms with E-state index < -0.39 is 0 Å². The third-order valence-corrected chi connectivity index (χ3v) is 5.43. The van der Waals surface area contributed by atoms with Crippen molar-refractivity contribution in [2.24, 2.45) is 28.9 Å². The van der Waals surface area contributed by atoms with Crippen molar-refractivity contribution < 1.29 is 9.31 Å². The summed E-state index contributed by atoms with van der Waals surface area (Å²) in [6.45, 7) is 9.19. The first-order valence-electron chi connectivity index (χ1n) is 7.93. The van der Waals surface area contributed by atoms with Crippen LogP contribution in [0.1, 0.15) is 53.4 Å². The highest BCUT2D eigenvalue weighted by Gasteiger charge is 2.57. The molecule has 0 aromatic heterocycles. The minimum atomic E-state index is -0.174. The maximum atomic E-state index is 6.25. The van der Waals surface area contributed by atoms with Gasteiger partial charge < -0.3 is 15.0 Å². The van der Waals surface area contributed by atoms with Crippen LogP contribution >= 0.6 is 0 Å². The summed E-state index contributed by atoms with van der Waals surface area (Å²) < 4.78 is 12.4. The summed E-state index contributed by atoms with van der Waals surface area (Å²) in [6.07, 6.45) is 5.40. The molecule has 0 amide bonds. The summed E-state index contributed by atoms with van der Waals surface area (Å²) in [5, 5.41) is 0. The third-order valence-electron chi connectivity index (χ3n) is 5.43. The number of hydrogen-bond donors (Lipinski definition) is 1. The van der Waals surface area contributed by atoms with Gasteiger partial charge in [-0.15, -0.1) is 0 Å². The molecule has 108 valence electrons. The van der Waals surface area contributed by atoms with E-state index in [1.54, 1.807) is 0 Å². The van der Waals surface area contributed by atoms with Gasteiger partial charge in [0.25, 0.3) is 0 Å². The summed E-state index contributed by atoms with van der Waals surface area (Å²) in [6, 6.07) is 0. The predicted molar refractivity (Wildman–Crippen MR) is 77.5 cm³/mol. The fourth-order valence-corrected chi connectivity index (χ4v) is 4.67. The molecule has 1 aliphatic heterocycles. The zero-order valence-electron chi connectivity index (χ0n) is 12.8. The van der Waals surface area contributed by atoms with Crippen LogP contribution in [0, 0.1) is 23.2 Å². The molecule has 2 N–H and O–H groups in total. The second-order valence-corrected chi connectivity index (χ2v) is 8.07. The van der Waals surface area contributed by atoms with Gasteiger partial charge in [0.2, 0.25) is 0 Å². The van der Waals surface area contributed by atoms with Crippen LogP contribution in [0.2, 0.25) is 0 Å². The van der Waals surface area contributed by atoms with Crippen molar-refractivity contribution in [3.63, 3.8) is 0 Å². The maximum Gasteiger partial charge on any atom is 0.475 e. The summed E-state index contributed by atoms with van der Waals surface area (Å²) in [5.41, 5.74) is 6.66. The minimum Gasteiger partial charge on any atom is -0.405 e. The Morgan fingerprint density at radius 1 is 1.26 bits per heavy atom. The molecule has 0 aromatic carbocycles. The van der Waals surface area contributed by atoms with Crippen LogP contribution in [0.4, 0.5) is 0 Å². The summed E-state index contributed by atoms with van der Waals surface area (Å²) in [5.74, 6) is 2.11. The standard InChI is InChI=1S/C15H28BNO2/c1-9(2)5-13(17)16-18-12-7-10-6-11(14(12)19-16)15(3,4)8-10/h9-14H,5-8,17H2,1-4H3. The van der Waals surface area contributed by atoms with Crippen LogP contribution < -0.4 is 5.73 Å². The smallest absolute Gasteiger partial charge is 0.405 e. The van der Waals surface area contributed by atoms with Gasteiger partial charge in [0.1, 0.15) is 0 Å². The van der Waals surface area contributed by atoms with Gasteiger partial charge in [-0.25, -0.2) is 0 Å². The van der Waals surface area contributed by atoms with Crippen molar-refractivity contribution in [1.29, 1.82) is 0 Å². The Kier molecular flexibility index (Phi) is 3.47. The van der Waals surface area contributed by atoms with Crippen LogP contribution in [0.5, 0.6) is 0 Å². The largest absolute Gasteiger partial charge is 0.475 e. The van der Waals surface area contributed by atoms with E-state index in [1.165, 1.54) is 19.3 Å². The van der Waals surface area contributed by atoms with Gasteiger partial charge in [0.05, 0.1) is 12.2 Å². The average Bonchev–Trinajstić information content (AvgIpc) is 2.78. The Balaban J connectivity index is 1.68. The molecular formula is C15H28BNO2. The lowest BCUT2D eigenvalue weighted by atomic mass is 9.74. The Labute approximate surface area is 117 Å². The Morgan fingerprint density at radius 2 is 2.00 bits per heavy atom. The van der Waals surface area contributed by atoms with E-state index in [1.807, 2.05) is 0 Å². The fraction of sp³-hybridized carbons (Fsp3) is 1.00. The van der Waals surface area contributed by atoms with Gasteiger partial charge in [-0.2, -0.15) is 0 Å². The quantitative estimate of drug-likeness (QED) is 0.798. The second kappa shape index (κ2) is 4.75. The molecular weight excluding hydrogens is 237 g/mol. The van der Waals surface area contributed by atoms with Crippen LogP contribution in [0.25, 0.3) is 0 Å².